The summed E-state index contributed by atoms with van der Waals surface area (Å²) >= 11 is 6.25. The molecule has 0 aliphatic carbocycles. The number of aromatic nitrogens is 4. The second-order valence-corrected chi connectivity index (χ2v) is 5.84. The van der Waals surface area contributed by atoms with Gasteiger partial charge in [-0.15, -0.1) is 5.10 Å². The van der Waals surface area contributed by atoms with Crippen LogP contribution >= 0.6 is 11.6 Å². The van der Waals surface area contributed by atoms with E-state index in [1.165, 1.54) is 4.52 Å². The number of hydrogen-bond donors (Lipinski definition) is 1. The fourth-order valence-electron chi connectivity index (χ4n) is 2.48. The van der Waals surface area contributed by atoms with Gasteiger partial charge in [0.2, 0.25) is 5.82 Å². The Kier molecular flexibility index (Phi) is 4.10. The summed E-state index contributed by atoms with van der Waals surface area (Å²) in [7, 11) is 0. The number of benzene rings is 1. The minimum Gasteiger partial charge on any atom is -0.489 e. The molecule has 3 heterocycles. The molecule has 128 valence electrons. The number of carbonyl (C=O) groups is 1. The Bertz CT molecular complexity index is 910. The zero-order chi connectivity index (χ0) is 17.2. The molecule has 0 unspecified atom stereocenters. The first-order chi connectivity index (χ1) is 12.2. The van der Waals surface area contributed by atoms with E-state index in [1.807, 2.05) is 6.07 Å². The molecule has 0 saturated carbocycles. The number of amides is 1. The highest BCUT2D eigenvalue weighted by molar-refractivity contribution is 6.32. The Balaban J connectivity index is 1.50. The molecule has 1 N–H and O–H groups in total. The van der Waals surface area contributed by atoms with E-state index >= 15 is 0 Å². The van der Waals surface area contributed by atoms with Crippen molar-refractivity contribution < 1.29 is 14.3 Å². The highest BCUT2D eigenvalue weighted by atomic mass is 35.5. The van der Waals surface area contributed by atoms with Gasteiger partial charge in [0.15, 0.2) is 11.5 Å². The van der Waals surface area contributed by atoms with Crippen molar-refractivity contribution in [3.05, 3.63) is 47.0 Å². The van der Waals surface area contributed by atoms with Crippen LogP contribution in [0.2, 0.25) is 5.02 Å². The molecule has 1 aliphatic heterocycles. The van der Waals surface area contributed by atoms with Crippen LogP contribution in [0.1, 0.15) is 22.6 Å². The molecule has 1 aliphatic rings. The molecule has 25 heavy (non-hydrogen) atoms. The number of hydrogen-bond acceptors (Lipinski definition) is 6. The van der Waals surface area contributed by atoms with Crippen molar-refractivity contribution in [2.45, 2.75) is 13.0 Å². The van der Waals surface area contributed by atoms with Gasteiger partial charge in [-0.1, -0.05) is 11.6 Å². The van der Waals surface area contributed by atoms with Crippen molar-refractivity contribution in [3.8, 4) is 11.5 Å². The molecule has 8 nitrogen and oxygen atoms in total. The van der Waals surface area contributed by atoms with Gasteiger partial charge in [-0.25, -0.2) is 9.50 Å². The van der Waals surface area contributed by atoms with Crippen LogP contribution in [0, 0.1) is 0 Å². The molecule has 9 heteroatoms. The molecule has 0 spiro atoms. The molecule has 3 aromatic rings. The standard InChI is InChI=1S/C16H14ClN5O3/c17-11-7-10(8-12-13(11)25-6-2-5-24-12)9-19-15(23)14-20-16-18-3-1-4-22(16)21-14/h1,3-4,7-8H,2,5-6,9H2,(H,19,23). The van der Waals surface area contributed by atoms with E-state index in [0.29, 0.717) is 35.5 Å². The van der Waals surface area contributed by atoms with Crippen LogP contribution in [0.25, 0.3) is 5.78 Å². The lowest BCUT2D eigenvalue weighted by molar-refractivity contribution is 0.0940. The third-order valence-corrected chi connectivity index (χ3v) is 3.92. The lowest BCUT2D eigenvalue weighted by Crippen LogP contribution is -2.24. The minimum atomic E-state index is -0.395. The van der Waals surface area contributed by atoms with Crippen molar-refractivity contribution in [1.29, 1.82) is 0 Å². The molecule has 1 aromatic carbocycles. The van der Waals surface area contributed by atoms with Crippen LogP contribution in [-0.2, 0) is 6.54 Å². The number of rotatable bonds is 3. The fourth-order valence-corrected chi connectivity index (χ4v) is 2.76. The summed E-state index contributed by atoms with van der Waals surface area (Å²) in [4.78, 5) is 20.4. The minimum absolute atomic E-state index is 0.0548. The van der Waals surface area contributed by atoms with Crippen molar-refractivity contribution >= 4 is 23.3 Å². The second-order valence-electron chi connectivity index (χ2n) is 5.44. The van der Waals surface area contributed by atoms with Crippen LogP contribution in [0.3, 0.4) is 0 Å². The quantitative estimate of drug-likeness (QED) is 0.767. The van der Waals surface area contributed by atoms with E-state index in [1.54, 1.807) is 24.5 Å². The van der Waals surface area contributed by atoms with Crippen LogP contribution in [-0.4, -0.2) is 38.7 Å². The maximum Gasteiger partial charge on any atom is 0.291 e. The Morgan fingerprint density at radius 3 is 3.08 bits per heavy atom. The molecule has 4 rings (SSSR count). The van der Waals surface area contributed by atoms with Crippen LogP contribution in [0.5, 0.6) is 11.5 Å². The van der Waals surface area contributed by atoms with Gasteiger partial charge >= 0.3 is 0 Å². The summed E-state index contributed by atoms with van der Waals surface area (Å²) in [5, 5.41) is 7.31. The third kappa shape index (κ3) is 3.20. The molecule has 0 bridgehead atoms. The summed E-state index contributed by atoms with van der Waals surface area (Å²) in [6, 6.07) is 5.27. The Morgan fingerprint density at radius 2 is 2.20 bits per heavy atom. The van der Waals surface area contributed by atoms with Crippen molar-refractivity contribution in [2.75, 3.05) is 13.2 Å². The molecule has 2 aromatic heterocycles. The zero-order valence-electron chi connectivity index (χ0n) is 13.1. The summed E-state index contributed by atoms with van der Waals surface area (Å²) < 4.78 is 12.7. The molecule has 0 fully saturated rings. The molecule has 1 amide bonds. The van der Waals surface area contributed by atoms with Crippen molar-refractivity contribution in [3.63, 3.8) is 0 Å². The largest absolute Gasteiger partial charge is 0.489 e. The van der Waals surface area contributed by atoms with Gasteiger partial charge < -0.3 is 14.8 Å². The Labute approximate surface area is 147 Å². The van der Waals surface area contributed by atoms with Crippen LogP contribution < -0.4 is 14.8 Å². The van der Waals surface area contributed by atoms with E-state index in [2.05, 4.69) is 20.4 Å². The molecular weight excluding hydrogens is 346 g/mol. The molecule has 0 atom stereocenters. The maximum atomic E-state index is 12.3. The zero-order valence-corrected chi connectivity index (χ0v) is 13.9. The summed E-state index contributed by atoms with van der Waals surface area (Å²) in [6.45, 7) is 1.39. The van der Waals surface area contributed by atoms with Gasteiger partial charge in [-0.2, -0.15) is 4.98 Å². The number of nitrogens with zero attached hydrogens (tertiary/aromatic N) is 4. The number of nitrogens with one attached hydrogen (secondary N) is 1. The van der Waals surface area contributed by atoms with Gasteiger partial charge in [0.25, 0.3) is 11.7 Å². The predicted octanol–water partition coefficient (Wildman–Crippen LogP) is 1.87. The normalized spacial score (nSPS) is 13.5. The second kappa shape index (κ2) is 6.56. The first-order valence-corrected chi connectivity index (χ1v) is 8.12. The third-order valence-electron chi connectivity index (χ3n) is 3.63. The summed E-state index contributed by atoms with van der Waals surface area (Å²) in [6.07, 6.45) is 4.06. The lowest BCUT2D eigenvalue weighted by Gasteiger charge is -2.11. The van der Waals surface area contributed by atoms with E-state index < -0.39 is 5.91 Å². The fraction of sp³-hybridized carbons (Fsp3) is 0.250. The van der Waals surface area contributed by atoms with Gasteiger partial charge in [0, 0.05) is 25.4 Å². The SMILES string of the molecule is O=C(NCc1cc(Cl)c2c(c1)OCCCO2)c1nc2ncccn2n1. The number of fused-ring (bicyclic) bond motifs is 2. The molecular formula is C16H14ClN5O3. The number of ether oxygens (including phenoxy) is 2. The van der Waals surface area contributed by atoms with E-state index in [4.69, 9.17) is 21.1 Å². The highest BCUT2D eigenvalue weighted by Gasteiger charge is 2.17. The van der Waals surface area contributed by atoms with Gasteiger partial charge in [0.1, 0.15) is 0 Å². The lowest BCUT2D eigenvalue weighted by atomic mass is 10.2. The van der Waals surface area contributed by atoms with Crippen LogP contribution in [0.4, 0.5) is 0 Å². The maximum absolute atomic E-state index is 12.3. The van der Waals surface area contributed by atoms with E-state index in [0.717, 1.165) is 12.0 Å². The summed E-state index contributed by atoms with van der Waals surface area (Å²) in [5.41, 5.74) is 0.796. The van der Waals surface area contributed by atoms with E-state index in [-0.39, 0.29) is 12.4 Å². The van der Waals surface area contributed by atoms with Crippen LogP contribution in [0.15, 0.2) is 30.6 Å². The molecule has 0 radical (unpaired) electrons. The van der Waals surface area contributed by atoms with Crippen molar-refractivity contribution in [1.82, 2.24) is 24.9 Å². The first-order valence-electron chi connectivity index (χ1n) is 7.74. The first kappa shape index (κ1) is 15.6. The van der Waals surface area contributed by atoms with E-state index in [9.17, 15) is 4.79 Å². The summed E-state index contributed by atoms with van der Waals surface area (Å²) in [5.74, 6) is 1.16. The smallest absolute Gasteiger partial charge is 0.291 e. The Hall–Kier alpha value is -2.87. The average molecular weight is 360 g/mol. The van der Waals surface area contributed by atoms with Gasteiger partial charge in [-0.3, -0.25) is 4.79 Å². The van der Waals surface area contributed by atoms with Crippen molar-refractivity contribution in [2.24, 2.45) is 0 Å². The number of halogens is 1. The Morgan fingerprint density at radius 1 is 1.32 bits per heavy atom. The predicted molar refractivity (Wildman–Crippen MR) is 89.0 cm³/mol. The number of carbonyl (C=O) groups excluding carboxylic acids is 1. The highest BCUT2D eigenvalue weighted by Crippen LogP contribution is 2.37. The van der Waals surface area contributed by atoms with Gasteiger partial charge in [-0.05, 0) is 23.8 Å². The molecule has 0 saturated heterocycles. The topological polar surface area (TPSA) is 90.6 Å². The van der Waals surface area contributed by atoms with Gasteiger partial charge in [0.05, 0.1) is 18.2 Å². The average Bonchev–Trinajstić information content (AvgIpc) is 2.91. The monoisotopic (exact) mass is 359 g/mol.